The van der Waals surface area contributed by atoms with Crippen LogP contribution in [0.25, 0.3) is 11.4 Å². The van der Waals surface area contributed by atoms with E-state index in [0.29, 0.717) is 11.4 Å². The van der Waals surface area contributed by atoms with Crippen LogP contribution in [0.15, 0.2) is 48.5 Å². The third-order valence-corrected chi connectivity index (χ3v) is 6.45. The fourth-order valence-corrected chi connectivity index (χ4v) is 4.36. The lowest BCUT2D eigenvalue weighted by Gasteiger charge is -2.39. The molecule has 0 unspecified atom stereocenters. The third kappa shape index (κ3) is 5.05. The normalized spacial score (nSPS) is 16.3. The van der Waals surface area contributed by atoms with Crippen molar-refractivity contribution in [2.75, 3.05) is 13.1 Å². The molecule has 0 bridgehead atoms. The van der Waals surface area contributed by atoms with Gasteiger partial charge in [-0.15, -0.1) is 0 Å². The number of hydrogen-bond donors (Lipinski definition) is 3. The highest BCUT2D eigenvalue weighted by Gasteiger charge is 2.33. The van der Waals surface area contributed by atoms with Gasteiger partial charge in [-0.2, -0.15) is 13.2 Å². The molecule has 0 aliphatic carbocycles. The Bertz CT molecular complexity index is 1050. The van der Waals surface area contributed by atoms with Gasteiger partial charge in [-0.3, -0.25) is 0 Å². The Balaban J connectivity index is 1.54. The van der Waals surface area contributed by atoms with E-state index < -0.39 is 11.7 Å². The molecule has 0 spiro atoms. The summed E-state index contributed by atoms with van der Waals surface area (Å²) in [5.74, 6) is 0.606. The van der Waals surface area contributed by atoms with Crippen LogP contribution in [0.1, 0.15) is 40.9 Å². The number of piperidine rings is 1. The van der Waals surface area contributed by atoms with Crippen molar-refractivity contribution in [1.82, 2.24) is 20.6 Å². The fraction of sp³-hybridized carbons (Fsp3) is 0.400. The number of hydrogen-bond acceptors (Lipinski definition) is 3. The zero-order chi connectivity index (χ0) is 22.8. The van der Waals surface area contributed by atoms with E-state index in [1.807, 2.05) is 6.92 Å². The number of rotatable bonds is 6. The Morgan fingerprint density at radius 3 is 2.34 bits per heavy atom. The molecule has 1 aliphatic rings. The highest BCUT2D eigenvalue weighted by Crippen LogP contribution is 2.31. The van der Waals surface area contributed by atoms with Crippen LogP contribution in [0.2, 0.25) is 0 Å². The molecular formula is C25H29F3N4. The van der Waals surface area contributed by atoms with Gasteiger partial charge in [-0.1, -0.05) is 36.4 Å². The molecule has 3 aromatic rings. The number of H-pyrrole nitrogens is 1. The molecule has 1 aliphatic heterocycles. The Morgan fingerprint density at radius 1 is 1.00 bits per heavy atom. The van der Waals surface area contributed by atoms with Gasteiger partial charge in [0.15, 0.2) is 0 Å². The fourth-order valence-electron chi connectivity index (χ4n) is 4.36. The first-order chi connectivity index (χ1) is 15.3. The second kappa shape index (κ2) is 9.08. The van der Waals surface area contributed by atoms with E-state index in [9.17, 15) is 13.2 Å². The van der Waals surface area contributed by atoms with Crippen molar-refractivity contribution in [2.24, 2.45) is 0 Å². The Kier molecular flexibility index (Phi) is 6.40. The Morgan fingerprint density at radius 2 is 1.69 bits per heavy atom. The SMILES string of the molecule is Cc1ccccc1CNC1(Cc2nc(-c3ccc(C(F)(F)F)cc3)[nH]c2C)CCNCC1. The van der Waals surface area contributed by atoms with E-state index in [4.69, 9.17) is 4.98 Å². The largest absolute Gasteiger partial charge is 0.416 e. The lowest BCUT2D eigenvalue weighted by Crippen LogP contribution is -2.53. The average molecular weight is 443 g/mol. The standard InChI is InChI=1S/C25H29F3N4/c1-17-5-3-4-6-20(17)16-30-24(11-13-29-14-12-24)15-22-18(2)31-23(32-22)19-7-9-21(10-8-19)25(26,27)28/h3-10,29-30H,11-16H2,1-2H3,(H,31,32). The van der Waals surface area contributed by atoms with Crippen molar-refractivity contribution >= 4 is 0 Å². The minimum atomic E-state index is -4.34. The van der Waals surface area contributed by atoms with Crippen LogP contribution in [-0.4, -0.2) is 28.6 Å². The van der Waals surface area contributed by atoms with Gasteiger partial charge in [0, 0.05) is 29.8 Å². The van der Waals surface area contributed by atoms with E-state index in [1.54, 1.807) is 0 Å². The van der Waals surface area contributed by atoms with Crippen LogP contribution in [-0.2, 0) is 19.1 Å². The van der Waals surface area contributed by atoms with Crippen LogP contribution < -0.4 is 10.6 Å². The van der Waals surface area contributed by atoms with Gasteiger partial charge in [0.1, 0.15) is 5.82 Å². The van der Waals surface area contributed by atoms with Crippen molar-refractivity contribution < 1.29 is 13.2 Å². The van der Waals surface area contributed by atoms with E-state index in [-0.39, 0.29) is 5.54 Å². The van der Waals surface area contributed by atoms with E-state index in [1.165, 1.54) is 23.3 Å². The molecule has 4 nitrogen and oxygen atoms in total. The smallest absolute Gasteiger partial charge is 0.342 e. The summed E-state index contributed by atoms with van der Waals surface area (Å²) >= 11 is 0. The van der Waals surface area contributed by atoms with Crippen molar-refractivity contribution in [2.45, 2.75) is 51.4 Å². The van der Waals surface area contributed by atoms with Gasteiger partial charge in [0.25, 0.3) is 0 Å². The molecule has 3 N–H and O–H groups in total. The molecule has 4 rings (SSSR count). The number of benzene rings is 2. The molecule has 32 heavy (non-hydrogen) atoms. The van der Waals surface area contributed by atoms with Gasteiger partial charge in [-0.25, -0.2) is 4.98 Å². The van der Waals surface area contributed by atoms with E-state index >= 15 is 0 Å². The van der Waals surface area contributed by atoms with Gasteiger partial charge < -0.3 is 15.6 Å². The summed E-state index contributed by atoms with van der Waals surface area (Å²) in [4.78, 5) is 8.06. The number of nitrogens with one attached hydrogen (secondary N) is 3. The molecule has 7 heteroatoms. The maximum absolute atomic E-state index is 12.9. The van der Waals surface area contributed by atoms with Crippen LogP contribution in [0, 0.1) is 13.8 Å². The molecule has 0 amide bonds. The first-order valence-corrected chi connectivity index (χ1v) is 11.0. The number of aromatic amines is 1. The molecule has 2 aromatic carbocycles. The minimum absolute atomic E-state index is 0.0785. The van der Waals surface area contributed by atoms with Crippen molar-refractivity contribution in [3.63, 3.8) is 0 Å². The molecule has 1 aromatic heterocycles. The molecule has 0 radical (unpaired) electrons. The van der Waals surface area contributed by atoms with Crippen LogP contribution >= 0.6 is 0 Å². The maximum Gasteiger partial charge on any atom is 0.416 e. The van der Waals surface area contributed by atoms with Crippen LogP contribution in [0.3, 0.4) is 0 Å². The minimum Gasteiger partial charge on any atom is -0.342 e. The summed E-state index contributed by atoms with van der Waals surface area (Å²) in [5, 5.41) is 7.26. The summed E-state index contributed by atoms with van der Waals surface area (Å²) in [6.45, 7) is 6.78. The molecule has 0 saturated carbocycles. The Hall–Kier alpha value is -2.64. The summed E-state index contributed by atoms with van der Waals surface area (Å²) < 4.78 is 38.6. The zero-order valence-corrected chi connectivity index (χ0v) is 18.4. The van der Waals surface area contributed by atoms with Gasteiger partial charge in [-0.05, 0) is 63.0 Å². The predicted octanol–water partition coefficient (Wildman–Crippen LogP) is 5.17. The highest BCUT2D eigenvalue weighted by atomic mass is 19.4. The summed E-state index contributed by atoms with van der Waals surface area (Å²) in [7, 11) is 0. The monoisotopic (exact) mass is 442 g/mol. The molecule has 2 heterocycles. The number of aromatic nitrogens is 2. The van der Waals surface area contributed by atoms with Crippen molar-refractivity contribution in [3.05, 3.63) is 76.6 Å². The number of halogens is 3. The number of nitrogens with zero attached hydrogens (tertiary/aromatic N) is 1. The molecule has 1 fully saturated rings. The third-order valence-electron chi connectivity index (χ3n) is 6.45. The van der Waals surface area contributed by atoms with Gasteiger partial charge in [0.05, 0.1) is 11.3 Å². The van der Waals surface area contributed by atoms with Gasteiger partial charge in [0.2, 0.25) is 0 Å². The second-order valence-corrected chi connectivity index (χ2v) is 8.72. The summed E-state index contributed by atoms with van der Waals surface area (Å²) in [6, 6.07) is 13.5. The number of alkyl halides is 3. The van der Waals surface area contributed by atoms with E-state index in [2.05, 4.69) is 46.8 Å². The zero-order valence-electron chi connectivity index (χ0n) is 18.4. The van der Waals surface area contributed by atoms with Crippen molar-refractivity contribution in [1.29, 1.82) is 0 Å². The van der Waals surface area contributed by atoms with E-state index in [0.717, 1.165) is 62.4 Å². The second-order valence-electron chi connectivity index (χ2n) is 8.72. The first kappa shape index (κ1) is 22.6. The quantitative estimate of drug-likeness (QED) is 0.494. The topological polar surface area (TPSA) is 52.7 Å². The first-order valence-electron chi connectivity index (χ1n) is 11.0. The predicted molar refractivity (Wildman–Crippen MR) is 120 cm³/mol. The van der Waals surface area contributed by atoms with Crippen LogP contribution in [0.5, 0.6) is 0 Å². The summed E-state index contributed by atoms with van der Waals surface area (Å²) in [5.41, 5.74) is 4.39. The average Bonchev–Trinajstić information content (AvgIpc) is 3.13. The lowest BCUT2D eigenvalue weighted by molar-refractivity contribution is -0.137. The molecule has 0 atom stereocenters. The van der Waals surface area contributed by atoms with Crippen LogP contribution in [0.4, 0.5) is 13.2 Å². The molecule has 170 valence electrons. The van der Waals surface area contributed by atoms with Gasteiger partial charge >= 0.3 is 6.18 Å². The molecular weight excluding hydrogens is 413 g/mol. The maximum atomic E-state index is 12.9. The lowest BCUT2D eigenvalue weighted by atomic mass is 9.83. The highest BCUT2D eigenvalue weighted by molar-refractivity contribution is 5.56. The Labute approximate surface area is 186 Å². The van der Waals surface area contributed by atoms with Crippen molar-refractivity contribution in [3.8, 4) is 11.4 Å². The number of aryl methyl sites for hydroxylation is 2. The summed E-state index contributed by atoms with van der Waals surface area (Å²) in [6.07, 6.45) is -1.60. The molecule has 1 saturated heterocycles. The number of imidazole rings is 1.